The maximum atomic E-state index is 3.68. The third kappa shape index (κ3) is 3.23. The third-order valence-corrected chi connectivity index (χ3v) is 6.25. The number of hydrogen-bond donors (Lipinski definition) is 1. The lowest BCUT2D eigenvalue weighted by Crippen LogP contribution is -2.42. The average Bonchev–Trinajstić information content (AvgIpc) is 3.08. The Morgan fingerprint density at radius 3 is 2.78 bits per heavy atom. The van der Waals surface area contributed by atoms with Crippen molar-refractivity contribution in [2.75, 3.05) is 31.1 Å². The first kappa shape index (κ1) is 13.3. The van der Waals surface area contributed by atoms with E-state index in [1.165, 1.54) is 76.1 Å². The smallest absolute Gasteiger partial charge is 0.0170 e. The average molecular weight is 268 g/mol. The van der Waals surface area contributed by atoms with Crippen molar-refractivity contribution >= 4 is 11.8 Å². The highest BCUT2D eigenvalue weighted by molar-refractivity contribution is 7.99. The van der Waals surface area contributed by atoms with Crippen molar-refractivity contribution in [1.29, 1.82) is 0 Å². The van der Waals surface area contributed by atoms with E-state index >= 15 is 0 Å². The Hall–Kier alpha value is 0.270. The summed E-state index contributed by atoms with van der Waals surface area (Å²) in [4.78, 5) is 2.83. The topological polar surface area (TPSA) is 15.3 Å². The van der Waals surface area contributed by atoms with E-state index in [0.29, 0.717) is 0 Å². The second-order valence-electron chi connectivity index (χ2n) is 6.30. The number of hydrogen-bond acceptors (Lipinski definition) is 3. The van der Waals surface area contributed by atoms with Gasteiger partial charge >= 0.3 is 0 Å². The molecule has 1 saturated carbocycles. The van der Waals surface area contributed by atoms with Crippen molar-refractivity contribution in [1.82, 2.24) is 10.2 Å². The van der Waals surface area contributed by atoms with Crippen LogP contribution in [0.2, 0.25) is 0 Å². The van der Waals surface area contributed by atoms with Crippen molar-refractivity contribution in [3.05, 3.63) is 0 Å². The van der Waals surface area contributed by atoms with E-state index in [0.717, 1.165) is 18.0 Å². The van der Waals surface area contributed by atoms with Crippen molar-refractivity contribution < 1.29 is 0 Å². The predicted molar refractivity (Wildman–Crippen MR) is 80.3 cm³/mol. The normalized spacial score (nSPS) is 35.3. The molecule has 1 aliphatic carbocycles. The van der Waals surface area contributed by atoms with Gasteiger partial charge < -0.3 is 10.2 Å². The molecular weight excluding hydrogens is 240 g/mol. The Balaban J connectivity index is 1.45. The van der Waals surface area contributed by atoms with Crippen LogP contribution < -0.4 is 5.32 Å². The fraction of sp³-hybridized carbons (Fsp3) is 1.00. The standard InChI is InChI=1S/C15H28N2S/c1-2-5-13(4-1)15-6-3-9-17(15)10-7-14-12-18-11-8-16-14/h13-16H,1-12H2. The molecule has 1 N–H and O–H groups in total. The summed E-state index contributed by atoms with van der Waals surface area (Å²) in [7, 11) is 0. The first-order valence-electron chi connectivity index (χ1n) is 7.98. The maximum Gasteiger partial charge on any atom is 0.0170 e. The Morgan fingerprint density at radius 2 is 2.00 bits per heavy atom. The molecule has 3 heteroatoms. The summed E-state index contributed by atoms with van der Waals surface area (Å²) in [5.41, 5.74) is 0. The van der Waals surface area contributed by atoms with Gasteiger partial charge in [-0.25, -0.2) is 0 Å². The minimum atomic E-state index is 0.786. The fourth-order valence-electron chi connectivity index (χ4n) is 4.13. The van der Waals surface area contributed by atoms with Gasteiger partial charge in [0.1, 0.15) is 0 Å². The van der Waals surface area contributed by atoms with Crippen LogP contribution in [-0.2, 0) is 0 Å². The van der Waals surface area contributed by atoms with Gasteiger partial charge in [0.2, 0.25) is 0 Å². The molecule has 0 spiro atoms. The second-order valence-corrected chi connectivity index (χ2v) is 7.45. The van der Waals surface area contributed by atoms with Crippen LogP contribution in [0.4, 0.5) is 0 Å². The van der Waals surface area contributed by atoms with Gasteiger partial charge in [-0.3, -0.25) is 0 Å². The molecule has 18 heavy (non-hydrogen) atoms. The van der Waals surface area contributed by atoms with E-state index in [9.17, 15) is 0 Å². The van der Waals surface area contributed by atoms with E-state index in [4.69, 9.17) is 0 Å². The molecule has 0 aromatic carbocycles. The molecule has 104 valence electrons. The Bertz CT molecular complexity index is 247. The highest BCUT2D eigenvalue weighted by Crippen LogP contribution is 2.35. The molecule has 2 atom stereocenters. The quantitative estimate of drug-likeness (QED) is 0.844. The number of nitrogens with zero attached hydrogens (tertiary/aromatic N) is 1. The van der Waals surface area contributed by atoms with E-state index < -0.39 is 0 Å². The van der Waals surface area contributed by atoms with Crippen LogP contribution in [0.5, 0.6) is 0 Å². The molecule has 0 aromatic heterocycles. The Morgan fingerprint density at radius 1 is 1.11 bits per heavy atom. The zero-order valence-corrected chi connectivity index (χ0v) is 12.4. The van der Waals surface area contributed by atoms with Crippen LogP contribution in [0.25, 0.3) is 0 Å². The van der Waals surface area contributed by atoms with Crippen LogP contribution in [0.15, 0.2) is 0 Å². The number of likely N-dealkylation sites (tertiary alicyclic amines) is 1. The van der Waals surface area contributed by atoms with Gasteiger partial charge in [-0.1, -0.05) is 12.8 Å². The molecule has 3 rings (SSSR count). The van der Waals surface area contributed by atoms with Crippen LogP contribution in [0.1, 0.15) is 44.9 Å². The molecule has 2 saturated heterocycles. The highest BCUT2D eigenvalue weighted by atomic mass is 32.2. The lowest BCUT2D eigenvalue weighted by atomic mass is 9.96. The molecule has 0 aromatic rings. The zero-order valence-electron chi connectivity index (χ0n) is 11.6. The summed E-state index contributed by atoms with van der Waals surface area (Å²) < 4.78 is 0. The van der Waals surface area contributed by atoms with Crippen LogP contribution in [0.3, 0.4) is 0 Å². The molecule has 0 radical (unpaired) electrons. The van der Waals surface area contributed by atoms with Gasteiger partial charge in [0, 0.05) is 30.1 Å². The molecular formula is C15H28N2S. The van der Waals surface area contributed by atoms with E-state index in [2.05, 4.69) is 22.0 Å². The van der Waals surface area contributed by atoms with Crippen LogP contribution in [-0.4, -0.2) is 48.1 Å². The molecule has 0 bridgehead atoms. The lowest BCUT2D eigenvalue weighted by molar-refractivity contribution is 0.183. The molecule has 2 unspecified atom stereocenters. The SMILES string of the molecule is C1CCC(C2CCCN2CCC2CSCCN2)C1. The Kier molecular flexibility index (Phi) is 4.88. The number of thioether (sulfide) groups is 1. The van der Waals surface area contributed by atoms with Crippen molar-refractivity contribution in [2.24, 2.45) is 5.92 Å². The molecule has 2 heterocycles. The monoisotopic (exact) mass is 268 g/mol. The maximum absolute atomic E-state index is 3.68. The zero-order chi connectivity index (χ0) is 12.2. The molecule has 3 aliphatic rings. The first-order valence-corrected chi connectivity index (χ1v) is 9.14. The second kappa shape index (κ2) is 6.62. The summed E-state index contributed by atoms with van der Waals surface area (Å²) in [6.45, 7) is 3.95. The number of rotatable bonds is 4. The van der Waals surface area contributed by atoms with Crippen LogP contribution in [0, 0.1) is 5.92 Å². The Labute approximate surface area is 116 Å². The van der Waals surface area contributed by atoms with Crippen molar-refractivity contribution in [3.8, 4) is 0 Å². The minimum Gasteiger partial charge on any atom is -0.312 e. The van der Waals surface area contributed by atoms with Gasteiger partial charge in [0.25, 0.3) is 0 Å². The summed E-state index contributed by atoms with van der Waals surface area (Å²) in [6, 6.07) is 1.73. The first-order chi connectivity index (χ1) is 8.93. The van der Waals surface area contributed by atoms with Gasteiger partial charge in [0.05, 0.1) is 0 Å². The summed E-state index contributed by atoms with van der Waals surface area (Å²) in [6.07, 6.45) is 10.3. The fourth-order valence-corrected chi connectivity index (χ4v) is 5.13. The summed E-state index contributed by atoms with van der Waals surface area (Å²) >= 11 is 2.13. The van der Waals surface area contributed by atoms with Gasteiger partial charge in [-0.2, -0.15) is 11.8 Å². The predicted octanol–water partition coefficient (Wildman–Crippen LogP) is 2.74. The number of nitrogens with one attached hydrogen (secondary N) is 1. The van der Waals surface area contributed by atoms with Gasteiger partial charge in [0.15, 0.2) is 0 Å². The largest absolute Gasteiger partial charge is 0.312 e. The van der Waals surface area contributed by atoms with Gasteiger partial charge in [-0.05, 0) is 51.1 Å². The highest BCUT2D eigenvalue weighted by Gasteiger charge is 2.33. The van der Waals surface area contributed by atoms with Crippen molar-refractivity contribution in [3.63, 3.8) is 0 Å². The van der Waals surface area contributed by atoms with Crippen molar-refractivity contribution in [2.45, 2.75) is 57.0 Å². The van der Waals surface area contributed by atoms with E-state index in [1.54, 1.807) is 0 Å². The minimum absolute atomic E-state index is 0.786. The van der Waals surface area contributed by atoms with E-state index in [-0.39, 0.29) is 0 Å². The lowest BCUT2D eigenvalue weighted by Gasteiger charge is -2.31. The van der Waals surface area contributed by atoms with Gasteiger partial charge in [-0.15, -0.1) is 0 Å². The molecule has 2 nitrogen and oxygen atoms in total. The van der Waals surface area contributed by atoms with E-state index in [1.807, 2.05) is 0 Å². The summed E-state index contributed by atoms with van der Waals surface area (Å²) in [5.74, 6) is 3.69. The molecule has 3 fully saturated rings. The molecule has 2 aliphatic heterocycles. The molecule has 0 amide bonds. The summed E-state index contributed by atoms with van der Waals surface area (Å²) in [5, 5.41) is 3.68. The van der Waals surface area contributed by atoms with Crippen LogP contribution >= 0.6 is 11.8 Å². The third-order valence-electron chi connectivity index (χ3n) is 5.12.